The lowest BCUT2D eigenvalue weighted by Gasteiger charge is -2.29. The number of methoxy groups -OCH3 is 1. The number of carbonyl (C=O) groups is 3. The number of anilines is 1. The van der Waals surface area contributed by atoms with Gasteiger partial charge in [0.05, 0.1) is 19.4 Å². The van der Waals surface area contributed by atoms with Crippen LogP contribution in [0.4, 0.5) is 18.9 Å². The van der Waals surface area contributed by atoms with Crippen LogP contribution in [0.2, 0.25) is 0 Å². The van der Waals surface area contributed by atoms with Crippen molar-refractivity contribution in [2.75, 3.05) is 12.4 Å². The van der Waals surface area contributed by atoms with Gasteiger partial charge >= 0.3 is 6.36 Å². The predicted octanol–water partition coefficient (Wildman–Crippen LogP) is 5.49. The molecule has 2 amide bonds. The maximum atomic E-state index is 12.8. The number of rotatable bonds is 7. The summed E-state index contributed by atoms with van der Waals surface area (Å²) >= 11 is 4.64. The van der Waals surface area contributed by atoms with Crippen molar-refractivity contribution in [2.24, 2.45) is 11.0 Å². The largest absolute Gasteiger partial charge is 0.573 e. The number of hydrogen-bond donors (Lipinski definition) is 1. The maximum absolute atomic E-state index is 12.8. The highest BCUT2D eigenvalue weighted by Crippen LogP contribution is 2.35. The van der Waals surface area contributed by atoms with Crippen molar-refractivity contribution in [3.63, 3.8) is 0 Å². The van der Waals surface area contributed by atoms with E-state index in [0.29, 0.717) is 23.4 Å². The number of nitrogens with one attached hydrogen (secondary N) is 1. The van der Waals surface area contributed by atoms with E-state index in [4.69, 9.17) is 4.74 Å². The third-order valence-electron chi connectivity index (χ3n) is 5.11. The van der Waals surface area contributed by atoms with E-state index >= 15 is 0 Å². The zero-order valence-corrected chi connectivity index (χ0v) is 21.4. The van der Waals surface area contributed by atoms with Gasteiger partial charge in [-0.3, -0.25) is 14.4 Å². The van der Waals surface area contributed by atoms with Crippen molar-refractivity contribution < 1.29 is 37.0 Å². The fraction of sp³-hybridized carbons (Fsp3) is 0.360. The van der Waals surface area contributed by atoms with Gasteiger partial charge in [0.15, 0.2) is 11.5 Å². The number of carbonyl (C=O) groups excluding carboxylic acids is 3. The van der Waals surface area contributed by atoms with Crippen LogP contribution in [-0.4, -0.2) is 41.2 Å². The summed E-state index contributed by atoms with van der Waals surface area (Å²) in [5, 5.41) is 8.11. The first-order chi connectivity index (χ1) is 17.3. The molecule has 2 aromatic rings. The molecule has 0 spiro atoms. The van der Waals surface area contributed by atoms with Crippen LogP contribution in [0.15, 0.2) is 47.6 Å². The number of nitrogens with zero attached hydrogens (tertiary/aromatic N) is 2. The van der Waals surface area contributed by atoms with Gasteiger partial charge in [0.2, 0.25) is 17.1 Å². The molecule has 1 unspecified atom stereocenters. The van der Waals surface area contributed by atoms with Gasteiger partial charge in [-0.05, 0) is 53.9 Å². The Hall–Kier alpha value is -3.60. The van der Waals surface area contributed by atoms with Gasteiger partial charge in [0.25, 0.3) is 0 Å². The zero-order chi connectivity index (χ0) is 27.8. The van der Waals surface area contributed by atoms with Crippen molar-refractivity contribution in [2.45, 2.75) is 46.5 Å². The fourth-order valence-corrected chi connectivity index (χ4v) is 3.55. The van der Waals surface area contributed by atoms with E-state index in [1.165, 1.54) is 38.1 Å². The number of hydrazone groups is 1. The highest BCUT2D eigenvalue weighted by molar-refractivity contribution is 6.62. The van der Waals surface area contributed by atoms with E-state index in [2.05, 4.69) is 26.8 Å². The summed E-state index contributed by atoms with van der Waals surface area (Å²) < 4.78 is 47.6. The molecule has 3 rings (SSSR count). The smallest absolute Gasteiger partial charge is 0.493 e. The first kappa shape index (κ1) is 29.6. The Balaban J connectivity index is 0.00000112. The third-order valence-corrected chi connectivity index (χ3v) is 5.11. The van der Waals surface area contributed by atoms with Gasteiger partial charge in [-0.25, -0.2) is 5.01 Å². The Morgan fingerprint density at radius 1 is 1.14 bits per heavy atom. The van der Waals surface area contributed by atoms with Crippen LogP contribution in [-0.2, 0) is 20.9 Å². The van der Waals surface area contributed by atoms with Gasteiger partial charge in [-0.1, -0.05) is 19.1 Å². The van der Waals surface area contributed by atoms with Gasteiger partial charge in [0, 0.05) is 37.4 Å². The van der Waals surface area contributed by atoms with Crippen LogP contribution in [0.5, 0.6) is 11.5 Å². The van der Waals surface area contributed by atoms with Crippen LogP contribution in [0.3, 0.4) is 0 Å². The average Bonchev–Trinajstić information content (AvgIpc) is 2.79. The number of hydrogen-bond acceptors (Lipinski definition) is 6. The summed E-state index contributed by atoms with van der Waals surface area (Å²) in [6, 6.07) is 11.2. The van der Waals surface area contributed by atoms with Crippen LogP contribution in [0.25, 0.3) is 0 Å². The second-order valence-corrected chi connectivity index (χ2v) is 8.54. The highest BCUT2D eigenvalue weighted by atomic mass is 35.5. The summed E-state index contributed by atoms with van der Waals surface area (Å²) in [6.07, 6.45) is -4.11. The molecule has 1 aliphatic heterocycles. The molecule has 1 atom stereocenters. The van der Waals surface area contributed by atoms with Crippen molar-refractivity contribution in [1.29, 1.82) is 0 Å². The van der Waals surface area contributed by atoms with E-state index in [0.717, 1.165) is 5.56 Å². The molecule has 0 radical (unpaired) electrons. The Labute approximate surface area is 217 Å². The Kier molecular flexibility index (Phi) is 10.5. The molecule has 1 heterocycles. The zero-order valence-electron chi connectivity index (χ0n) is 20.7. The summed E-state index contributed by atoms with van der Waals surface area (Å²) in [5.74, 6) is -1.16. The van der Waals surface area contributed by atoms with Gasteiger partial charge in [-0.2, -0.15) is 5.10 Å². The topological polar surface area (TPSA) is 97.3 Å². The average molecular weight is 542 g/mol. The highest BCUT2D eigenvalue weighted by Gasteiger charge is 2.34. The first-order valence-corrected chi connectivity index (χ1v) is 11.6. The summed E-state index contributed by atoms with van der Waals surface area (Å²) in [6.45, 7) is 4.77. The van der Waals surface area contributed by atoms with E-state index in [-0.39, 0.29) is 41.7 Å². The molecule has 0 fully saturated rings. The molecule has 0 bridgehead atoms. The lowest BCUT2D eigenvalue weighted by atomic mass is 9.89. The normalized spacial score (nSPS) is 15.2. The Bertz CT molecular complexity index is 1150. The minimum absolute atomic E-state index is 0.0623. The minimum atomic E-state index is -4.88. The first-order valence-electron chi connectivity index (χ1n) is 11.2. The molecule has 12 heteroatoms. The lowest BCUT2D eigenvalue weighted by Crippen LogP contribution is -2.36. The second-order valence-electron chi connectivity index (χ2n) is 8.01. The van der Waals surface area contributed by atoms with Crippen LogP contribution < -0.4 is 14.8 Å². The monoisotopic (exact) mass is 541 g/mol. The SMILES string of the molecule is CC(=O)Cl.CCC1CC(=O)N(Cc2ccc(NC(C)=O)cc2)N=C1c1ccc(OC)c(OC(F)(F)F)c1. The van der Waals surface area contributed by atoms with Gasteiger partial charge in [-0.15, -0.1) is 13.2 Å². The molecule has 2 aromatic carbocycles. The standard InChI is InChI=1S/C23H24F3N3O4.C2H3ClO/c1-4-16-12-21(31)29(13-15-5-8-18(9-6-15)27-14(2)30)28-22(16)17-7-10-19(32-3)20(11-17)33-23(24,25)26;1-2(3)4/h5-11,16H,4,12-13H2,1-3H3,(H,27,30);1H3. The number of alkyl halides is 3. The third kappa shape index (κ3) is 9.41. The molecule has 200 valence electrons. The number of ether oxygens (including phenoxy) is 2. The van der Waals surface area contributed by atoms with Crippen molar-refractivity contribution in [3.05, 3.63) is 53.6 Å². The van der Waals surface area contributed by atoms with Crippen molar-refractivity contribution >= 4 is 40.1 Å². The number of amides is 2. The molecule has 1 aliphatic rings. The fourth-order valence-electron chi connectivity index (χ4n) is 3.55. The quantitative estimate of drug-likeness (QED) is 0.468. The molecular formula is C25H27ClF3N3O5. The molecule has 0 aliphatic carbocycles. The Morgan fingerprint density at radius 3 is 2.27 bits per heavy atom. The molecule has 0 saturated heterocycles. The molecule has 1 N–H and O–H groups in total. The summed E-state index contributed by atoms with van der Waals surface area (Å²) in [5.41, 5.74) is 2.33. The van der Waals surface area contributed by atoms with Crippen LogP contribution in [0, 0.1) is 5.92 Å². The van der Waals surface area contributed by atoms with Crippen molar-refractivity contribution in [1.82, 2.24) is 5.01 Å². The molecule has 37 heavy (non-hydrogen) atoms. The molecule has 8 nitrogen and oxygen atoms in total. The van der Waals surface area contributed by atoms with E-state index < -0.39 is 12.1 Å². The number of benzene rings is 2. The molecule has 0 saturated carbocycles. The lowest BCUT2D eigenvalue weighted by molar-refractivity contribution is -0.275. The maximum Gasteiger partial charge on any atom is 0.573 e. The predicted molar refractivity (Wildman–Crippen MR) is 132 cm³/mol. The number of halogens is 4. The van der Waals surface area contributed by atoms with E-state index in [1.54, 1.807) is 30.3 Å². The van der Waals surface area contributed by atoms with Crippen LogP contribution in [0.1, 0.15) is 44.7 Å². The Morgan fingerprint density at radius 2 is 1.76 bits per heavy atom. The van der Waals surface area contributed by atoms with Crippen LogP contribution >= 0.6 is 11.6 Å². The van der Waals surface area contributed by atoms with Gasteiger partial charge in [0.1, 0.15) is 0 Å². The molecular weight excluding hydrogens is 515 g/mol. The summed E-state index contributed by atoms with van der Waals surface area (Å²) in [4.78, 5) is 33.1. The minimum Gasteiger partial charge on any atom is -0.493 e. The molecule has 0 aromatic heterocycles. The van der Waals surface area contributed by atoms with Crippen molar-refractivity contribution in [3.8, 4) is 11.5 Å². The van der Waals surface area contributed by atoms with E-state index in [1.807, 2.05) is 6.92 Å². The second kappa shape index (κ2) is 13.1. The van der Waals surface area contributed by atoms with E-state index in [9.17, 15) is 27.6 Å². The van der Waals surface area contributed by atoms with Gasteiger partial charge < -0.3 is 14.8 Å². The summed E-state index contributed by atoms with van der Waals surface area (Å²) in [7, 11) is 1.25.